The van der Waals surface area contributed by atoms with E-state index < -0.39 is 0 Å². The van der Waals surface area contributed by atoms with Crippen molar-refractivity contribution in [2.75, 3.05) is 5.32 Å². The summed E-state index contributed by atoms with van der Waals surface area (Å²) in [5.41, 5.74) is 10.1. The predicted molar refractivity (Wildman–Crippen MR) is 88.8 cm³/mol. The molecule has 104 valence electrons. The van der Waals surface area contributed by atoms with Crippen LogP contribution in [0.2, 0.25) is 0 Å². The number of hydrogen-bond acceptors (Lipinski definition) is 2. The molecule has 0 heterocycles. The van der Waals surface area contributed by atoms with E-state index in [0.29, 0.717) is 5.82 Å². The van der Waals surface area contributed by atoms with Crippen LogP contribution in [0.1, 0.15) is 45.7 Å². The molecule has 0 saturated heterocycles. The van der Waals surface area contributed by atoms with Crippen molar-refractivity contribution in [3.8, 4) is 0 Å². The second-order valence-electron chi connectivity index (χ2n) is 4.22. The largest absolute Gasteiger partial charge is 0.386 e. The molecule has 0 radical (unpaired) electrons. The van der Waals surface area contributed by atoms with Gasteiger partial charge in [0.25, 0.3) is 0 Å². The Hall–Kier alpha value is -1.96. The summed E-state index contributed by atoms with van der Waals surface area (Å²) in [6.45, 7) is 13.8. The van der Waals surface area contributed by atoms with Gasteiger partial charge < -0.3 is 11.1 Å². The third-order valence-corrected chi connectivity index (χ3v) is 2.18. The molecule has 0 aromatic heterocycles. The number of nitrogens with one attached hydrogen (secondary N) is 1. The molecule has 0 fully saturated rings. The highest BCUT2D eigenvalue weighted by Crippen LogP contribution is 2.20. The normalized spacial score (nSPS) is 9.53. The molecule has 0 unspecified atom stereocenters. The number of allylic oxidation sites excluding steroid dienone is 2. The van der Waals surface area contributed by atoms with Gasteiger partial charge in [-0.25, -0.2) is 0 Å². The standard InChI is InChI=1S/C15H20N2.C2H6/c1-5-6-13-10-15(17-12(4)16)8-7-14(13)9-11(2)3;1-2/h5-10,17H,4,16H2,1-3H3;1-2H3/b6-5-;. The van der Waals surface area contributed by atoms with Crippen LogP contribution in [0.25, 0.3) is 12.2 Å². The third-order valence-electron chi connectivity index (χ3n) is 2.18. The molecule has 1 rings (SSSR count). The van der Waals surface area contributed by atoms with Crippen LogP contribution in [-0.4, -0.2) is 0 Å². The molecule has 0 amide bonds. The van der Waals surface area contributed by atoms with Crippen LogP contribution in [0, 0.1) is 0 Å². The van der Waals surface area contributed by atoms with E-state index in [4.69, 9.17) is 5.73 Å². The molecule has 0 bridgehead atoms. The molecule has 0 spiro atoms. The van der Waals surface area contributed by atoms with Crippen molar-refractivity contribution in [1.29, 1.82) is 0 Å². The van der Waals surface area contributed by atoms with Gasteiger partial charge in [0.05, 0.1) is 5.82 Å². The van der Waals surface area contributed by atoms with Gasteiger partial charge in [0, 0.05) is 5.69 Å². The average molecular weight is 258 g/mol. The van der Waals surface area contributed by atoms with Gasteiger partial charge in [-0.05, 0) is 44.0 Å². The monoisotopic (exact) mass is 258 g/mol. The fraction of sp³-hybridized carbons (Fsp3) is 0.294. The average Bonchev–Trinajstić information content (AvgIpc) is 2.34. The zero-order valence-corrected chi connectivity index (χ0v) is 12.7. The van der Waals surface area contributed by atoms with E-state index in [1.165, 1.54) is 16.7 Å². The lowest BCUT2D eigenvalue weighted by Gasteiger charge is -2.09. The number of anilines is 1. The maximum atomic E-state index is 5.53. The van der Waals surface area contributed by atoms with E-state index >= 15 is 0 Å². The Labute approximate surface area is 117 Å². The first kappa shape index (κ1) is 17.0. The molecule has 0 aliphatic carbocycles. The summed E-state index contributed by atoms with van der Waals surface area (Å²) in [6.07, 6.45) is 6.27. The lowest BCUT2D eigenvalue weighted by molar-refractivity contribution is 1.33. The van der Waals surface area contributed by atoms with Gasteiger partial charge in [0.15, 0.2) is 0 Å². The molecule has 3 N–H and O–H groups in total. The second kappa shape index (κ2) is 9.03. The number of rotatable bonds is 4. The van der Waals surface area contributed by atoms with Gasteiger partial charge >= 0.3 is 0 Å². The maximum absolute atomic E-state index is 5.53. The zero-order chi connectivity index (χ0) is 14.8. The van der Waals surface area contributed by atoms with Crippen molar-refractivity contribution in [3.63, 3.8) is 0 Å². The van der Waals surface area contributed by atoms with Crippen LogP contribution in [0.3, 0.4) is 0 Å². The Bertz CT molecular complexity index is 464. The fourth-order valence-corrected chi connectivity index (χ4v) is 1.60. The van der Waals surface area contributed by atoms with E-state index in [9.17, 15) is 0 Å². The lowest BCUT2D eigenvalue weighted by atomic mass is 10.0. The quantitative estimate of drug-likeness (QED) is 0.796. The Balaban J connectivity index is 0.00000154. The second-order valence-corrected chi connectivity index (χ2v) is 4.22. The smallest absolute Gasteiger partial charge is 0.0930 e. The molecule has 2 nitrogen and oxygen atoms in total. The van der Waals surface area contributed by atoms with Crippen LogP contribution in [0.5, 0.6) is 0 Å². The summed E-state index contributed by atoms with van der Waals surface area (Å²) < 4.78 is 0. The molecular formula is C17H26N2. The summed E-state index contributed by atoms with van der Waals surface area (Å²) in [7, 11) is 0. The Morgan fingerprint density at radius 2 is 1.84 bits per heavy atom. The highest BCUT2D eigenvalue weighted by atomic mass is 15.0. The summed E-state index contributed by atoms with van der Waals surface area (Å²) >= 11 is 0. The first-order chi connectivity index (χ1) is 9.02. The highest BCUT2D eigenvalue weighted by Gasteiger charge is 1.99. The van der Waals surface area contributed by atoms with Crippen LogP contribution in [-0.2, 0) is 0 Å². The topological polar surface area (TPSA) is 38.0 Å². The predicted octanol–water partition coefficient (Wildman–Crippen LogP) is 5.01. The van der Waals surface area contributed by atoms with Gasteiger partial charge in [0.2, 0.25) is 0 Å². The van der Waals surface area contributed by atoms with Crippen molar-refractivity contribution in [3.05, 3.63) is 53.4 Å². The zero-order valence-electron chi connectivity index (χ0n) is 12.7. The number of benzene rings is 1. The molecule has 1 aromatic rings. The Morgan fingerprint density at radius 3 is 2.32 bits per heavy atom. The van der Waals surface area contributed by atoms with Crippen molar-refractivity contribution in [2.24, 2.45) is 5.73 Å². The summed E-state index contributed by atoms with van der Waals surface area (Å²) in [6, 6.07) is 6.14. The van der Waals surface area contributed by atoms with E-state index in [0.717, 1.165) is 5.69 Å². The molecular weight excluding hydrogens is 232 g/mol. The van der Waals surface area contributed by atoms with Gasteiger partial charge in [0.1, 0.15) is 0 Å². The number of nitrogens with two attached hydrogens (primary N) is 1. The van der Waals surface area contributed by atoms with E-state index in [2.05, 4.69) is 50.0 Å². The first-order valence-corrected chi connectivity index (χ1v) is 6.66. The van der Waals surface area contributed by atoms with E-state index in [-0.39, 0.29) is 0 Å². The van der Waals surface area contributed by atoms with Crippen molar-refractivity contribution >= 4 is 17.8 Å². The lowest BCUT2D eigenvalue weighted by Crippen LogP contribution is -2.06. The minimum Gasteiger partial charge on any atom is -0.386 e. The molecule has 1 aromatic carbocycles. The fourth-order valence-electron chi connectivity index (χ4n) is 1.60. The third kappa shape index (κ3) is 6.51. The Kier molecular flexibility index (Phi) is 8.10. The van der Waals surface area contributed by atoms with E-state index in [1.807, 2.05) is 32.9 Å². The van der Waals surface area contributed by atoms with Crippen molar-refractivity contribution < 1.29 is 0 Å². The summed E-state index contributed by atoms with van der Waals surface area (Å²) in [5, 5.41) is 3.01. The molecule has 0 aliphatic heterocycles. The first-order valence-electron chi connectivity index (χ1n) is 6.66. The SMILES string of the molecule is C=C(N)Nc1ccc(C=C(C)C)c(/C=C\C)c1.CC. The van der Waals surface area contributed by atoms with Gasteiger partial charge in [-0.15, -0.1) is 0 Å². The van der Waals surface area contributed by atoms with Gasteiger partial charge in [-0.2, -0.15) is 0 Å². The molecule has 0 aliphatic rings. The van der Waals surface area contributed by atoms with Crippen LogP contribution >= 0.6 is 0 Å². The molecule has 0 saturated carbocycles. The highest BCUT2D eigenvalue weighted by molar-refractivity contribution is 5.70. The summed E-state index contributed by atoms with van der Waals surface area (Å²) in [4.78, 5) is 0. The Morgan fingerprint density at radius 1 is 1.21 bits per heavy atom. The minimum absolute atomic E-state index is 0.450. The maximum Gasteiger partial charge on any atom is 0.0930 e. The summed E-state index contributed by atoms with van der Waals surface area (Å²) in [5.74, 6) is 0.450. The van der Waals surface area contributed by atoms with E-state index in [1.54, 1.807) is 0 Å². The minimum atomic E-state index is 0.450. The van der Waals surface area contributed by atoms with Crippen LogP contribution < -0.4 is 11.1 Å². The number of hydrogen-bond donors (Lipinski definition) is 2. The van der Waals surface area contributed by atoms with Crippen molar-refractivity contribution in [2.45, 2.75) is 34.6 Å². The van der Waals surface area contributed by atoms with Crippen LogP contribution in [0.4, 0.5) is 5.69 Å². The van der Waals surface area contributed by atoms with Gasteiger partial charge in [-0.3, -0.25) is 0 Å². The molecule has 0 atom stereocenters. The molecule has 19 heavy (non-hydrogen) atoms. The van der Waals surface area contributed by atoms with Gasteiger partial charge in [-0.1, -0.05) is 50.3 Å². The van der Waals surface area contributed by atoms with Crippen LogP contribution in [0.15, 0.2) is 42.2 Å². The molecule has 2 heteroatoms. The van der Waals surface area contributed by atoms with Crippen molar-refractivity contribution in [1.82, 2.24) is 0 Å².